The monoisotopic (exact) mass is 194 g/mol. The summed E-state index contributed by atoms with van der Waals surface area (Å²) in [7, 11) is 0. The zero-order valence-electron chi connectivity index (χ0n) is 7.14. The summed E-state index contributed by atoms with van der Waals surface area (Å²) in [5.41, 5.74) is 0. The molecule has 1 nitrogen and oxygen atoms in total. The van der Waals surface area contributed by atoms with Gasteiger partial charge in [-0.05, 0) is 26.0 Å². The highest BCUT2D eigenvalue weighted by molar-refractivity contribution is 8.00. The number of carbonyl (C=O) groups is 1. The van der Waals surface area contributed by atoms with Crippen molar-refractivity contribution >= 4 is 17.5 Å². The lowest BCUT2D eigenvalue weighted by Crippen LogP contribution is -2.33. The van der Waals surface area contributed by atoms with Gasteiger partial charge >= 0.3 is 0 Å². The quantitative estimate of drug-likeness (QED) is 0.671. The number of alkyl halides is 2. The number of Topliss-reactive ketones (excluding diaryl/α,β-unsaturated/α-hetero) is 1. The molecule has 1 fully saturated rings. The third-order valence-electron chi connectivity index (χ3n) is 2.28. The van der Waals surface area contributed by atoms with E-state index < -0.39 is 18.1 Å². The van der Waals surface area contributed by atoms with Crippen LogP contribution in [-0.2, 0) is 4.79 Å². The van der Waals surface area contributed by atoms with Crippen LogP contribution in [0.1, 0.15) is 20.3 Å². The van der Waals surface area contributed by atoms with Gasteiger partial charge in [-0.25, -0.2) is 8.78 Å². The number of carbonyl (C=O) groups excluding carboxylic acids is 1. The fraction of sp³-hybridized carbons (Fsp3) is 0.875. The van der Waals surface area contributed by atoms with Crippen molar-refractivity contribution in [3.63, 3.8) is 0 Å². The van der Waals surface area contributed by atoms with Gasteiger partial charge in [0.1, 0.15) is 0 Å². The van der Waals surface area contributed by atoms with Gasteiger partial charge in [-0.2, -0.15) is 11.8 Å². The molecule has 0 aromatic carbocycles. The van der Waals surface area contributed by atoms with Gasteiger partial charge in [0.2, 0.25) is 5.78 Å². The molecule has 0 bridgehead atoms. The molecule has 0 aliphatic carbocycles. The molecule has 1 unspecified atom stereocenters. The predicted octanol–water partition coefficient (Wildman–Crippen LogP) is 2.35. The SMILES string of the molecule is CC1(C)SCCC1C(=O)C(F)F. The third kappa shape index (κ3) is 1.79. The summed E-state index contributed by atoms with van der Waals surface area (Å²) in [5.74, 6) is -0.525. The summed E-state index contributed by atoms with van der Waals surface area (Å²) >= 11 is 1.60. The minimum atomic E-state index is -2.80. The minimum absolute atomic E-state index is 0.298. The van der Waals surface area contributed by atoms with Gasteiger partial charge in [-0.15, -0.1) is 0 Å². The molecule has 0 amide bonds. The normalized spacial score (nSPS) is 27.9. The van der Waals surface area contributed by atoms with E-state index in [1.165, 1.54) is 0 Å². The van der Waals surface area contributed by atoms with E-state index in [9.17, 15) is 13.6 Å². The highest BCUT2D eigenvalue weighted by atomic mass is 32.2. The topological polar surface area (TPSA) is 17.1 Å². The van der Waals surface area contributed by atoms with E-state index in [2.05, 4.69) is 0 Å². The number of halogens is 2. The molecule has 0 aromatic heterocycles. The third-order valence-corrected chi connectivity index (χ3v) is 3.75. The van der Waals surface area contributed by atoms with Crippen LogP contribution in [0.15, 0.2) is 0 Å². The fourth-order valence-electron chi connectivity index (χ4n) is 1.52. The lowest BCUT2D eigenvalue weighted by molar-refractivity contribution is -0.134. The van der Waals surface area contributed by atoms with Crippen molar-refractivity contribution in [2.45, 2.75) is 31.4 Å². The van der Waals surface area contributed by atoms with Crippen molar-refractivity contribution in [2.24, 2.45) is 5.92 Å². The second-order valence-corrected chi connectivity index (χ2v) is 5.25. The predicted molar refractivity (Wildman–Crippen MR) is 45.7 cm³/mol. The van der Waals surface area contributed by atoms with Gasteiger partial charge in [-0.3, -0.25) is 4.79 Å². The zero-order valence-corrected chi connectivity index (χ0v) is 7.96. The van der Waals surface area contributed by atoms with Crippen LogP contribution >= 0.6 is 11.8 Å². The lowest BCUT2D eigenvalue weighted by Gasteiger charge is -2.24. The van der Waals surface area contributed by atoms with Gasteiger partial charge in [0.15, 0.2) is 0 Å². The van der Waals surface area contributed by atoms with Crippen LogP contribution in [0.25, 0.3) is 0 Å². The second kappa shape index (κ2) is 3.32. The second-order valence-electron chi connectivity index (χ2n) is 3.50. The molecule has 1 aliphatic heterocycles. The first-order chi connectivity index (χ1) is 5.45. The Bertz CT molecular complexity index is 191. The molecule has 0 aromatic rings. The van der Waals surface area contributed by atoms with E-state index in [1.807, 2.05) is 13.8 Å². The first kappa shape index (κ1) is 9.96. The highest BCUT2D eigenvalue weighted by Gasteiger charge is 2.42. The Morgan fingerprint density at radius 1 is 1.58 bits per heavy atom. The smallest absolute Gasteiger partial charge is 0.293 e. The summed E-state index contributed by atoms with van der Waals surface area (Å²) < 4.78 is 23.8. The Morgan fingerprint density at radius 2 is 2.17 bits per heavy atom. The van der Waals surface area contributed by atoms with Gasteiger partial charge in [0.05, 0.1) is 0 Å². The average Bonchev–Trinajstić information content (AvgIpc) is 2.27. The highest BCUT2D eigenvalue weighted by Crippen LogP contribution is 2.43. The first-order valence-electron chi connectivity index (χ1n) is 3.91. The summed E-state index contributed by atoms with van der Waals surface area (Å²) in [5, 5.41) is 0. The Labute approximate surface area is 74.9 Å². The maximum atomic E-state index is 12.1. The van der Waals surface area contributed by atoms with Crippen molar-refractivity contribution < 1.29 is 13.6 Å². The zero-order chi connectivity index (χ0) is 9.35. The molecule has 1 atom stereocenters. The number of ketones is 1. The molecule has 1 heterocycles. The summed E-state index contributed by atoms with van der Waals surface area (Å²) in [6.07, 6.45) is -2.20. The largest absolute Gasteiger partial charge is 0.296 e. The van der Waals surface area contributed by atoms with E-state index in [0.717, 1.165) is 5.75 Å². The number of thioether (sulfide) groups is 1. The van der Waals surface area contributed by atoms with Gasteiger partial charge in [-0.1, -0.05) is 0 Å². The van der Waals surface area contributed by atoms with Gasteiger partial charge in [0.25, 0.3) is 6.43 Å². The van der Waals surface area contributed by atoms with E-state index >= 15 is 0 Å². The summed E-state index contributed by atoms with van der Waals surface area (Å²) in [4.78, 5) is 11.0. The molecule has 12 heavy (non-hydrogen) atoms. The molecule has 0 saturated carbocycles. The molecule has 1 rings (SSSR count). The molecule has 0 N–H and O–H groups in total. The van der Waals surface area contributed by atoms with E-state index in [-0.39, 0.29) is 4.75 Å². The molecular formula is C8H12F2OS. The van der Waals surface area contributed by atoms with Gasteiger partial charge in [0, 0.05) is 10.7 Å². The van der Waals surface area contributed by atoms with E-state index in [1.54, 1.807) is 11.8 Å². The van der Waals surface area contributed by atoms with E-state index in [0.29, 0.717) is 6.42 Å². The van der Waals surface area contributed by atoms with Crippen LogP contribution in [0.5, 0.6) is 0 Å². The minimum Gasteiger partial charge on any atom is -0.293 e. The summed E-state index contributed by atoms with van der Waals surface area (Å²) in [6.45, 7) is 3.71. The molecule has 70 valence electrons. The average molecular weight is 194 g/mol. The van der Waals surface area contributed by atoms with Crippen molar-refractivity contribution in [2.75, 3.05) is 5.75 Å². The maximum Gasteiger partial charge on any atom is 0.296 e. The number of hydrogen-bond acceptors (Lipinski definition) is 2. The standard InChI is InChI=1S/C8H12F2OS/c1-8(2)5(3-4-12-8)6(11)7(9)10/h5,7H,3-4H2,1-2H3. The van der Waals surface area contributed by atoms with Crippen LogP contribution in [0, 0.1) is 5.92 Å². The number of rotatable bonds is 2. The van der Waals surface area contributed by atoms with Crippen LogP contribution in [-0.4, -0.2) is 22.7 Å². The van der Waals surface area contributed by atoms with Crippen molar-refractivity contribution in [3.8, 4) is 0 Å². The van der Waals surface area contributed by atoms with Crippen molar-refractivity contribution in [3.05, 3.63) is 0 Å². The van der Waals surface area contributed by atoms with Crippen molar-refractivity contribution in [1.82, 2.24) is 0 Å². The molecule has 4 heteroatoms. The molecule has 0 radical (unpaired) electrons. The first-order valence-corrected chi connectivity index (χ1v) is 4.89. The van der Waals surface area contributed by atoms with Crippen LogP contribution in [0.2, 0.25) is 0 Å². The molecule has 1 saturated heterocycles. The number of hydrogen-bond donors (Lipinski definition) is 0. The maximum absolute atomic E-state index is 12.1. The molecular weight excluding hydrogens is 182 g/mol. The van der Waals surface area contributed by atoms with Crippen LogP contribution < -0.4 is 0 Å². The molecule has 1 aliphatic rings. The van der Waals surface area contributed by atoms with Crippen LogP contribution in [0.4, 0.5) is 8.78 Å². The Morgan fingerprint density at radius 3 is 2.50 bits per heavy atom. The fourth-order valence-corrected chi connectivity index (χ4v) is 2.84. The Kier molecular flexibility index (Phi) is 2.76. The van der Waals surface area contributed by atoms with E-state index in [4.69, 9.17) is 0 Å². The van der Waals surface area contributed by atoms with Crippen LogP contribution in [0.3, 0.4) is 0 Å². The lowest BCUT2D eigenvalue weighted by atomic mass is 9.89. The molecule has 0 spiro atoms. The Balaban J connectivity index is 2.69. The van der Waals surface area contributed by atoms with Gasteiger partial charge < -0.3 is 0 Å². The summed E-state index contributed by atoms with van der Waals surface area (Å²) in [6, 6.07) is 0. The Hall–Kier alpha value is -0.120. The van der Waals surface area contributed by atoms with Crippen molar-refractivity contribution in [1.29, 1.82) is 0 Å².